The van der Waals surface area contributed by atoms with Crippen LogP contribution in [0.4, 0.5) is 16.2 Å². The molecule has 0 aromatic heterocycles. The van der Waals surface area contributed by atoms with Crippen molar-refractivity contribution in [2.24, 2.45) is 5.84 Å². The Labute approximate surface area is 126 Å². The number of nitrogen functional groups attached to an aromatic ring is 1. The molecule has 3 amide bonds. The standard InChI is InChI=1S/C14H13ClN4O2/c15-9-4-3-5-10(8-9)17-14(21)18-12-7-2-1-6-11(12)13(20)19-16/h1-8H,16H2,(H,19,20)(H2,17,18,21). The molecule has 0 radical (unpaired) electrons. The molecule has 0 atom stereocenters. The number of hydrogen-bond donors (Lipinski definition) is 4. The van der Waals surface area contributed by atoms with Gasteiger partial charge in [-0.2, -0.15) is 0 Å². The lowest BCUT2D eigenvalue weighted by atomic mass is 10.1. The second-order valence-electron chi connectivity index (χ2n) is 4.11. The van der Waals surface area contributed by atoms with E-state index in [1.807, 2.05) is 5.43 Å². The quantitative estimate of drug-likeness (QED) is 0.398. The summed E-state index contributed by atoms with van der Waals surface area (Å²) in [4.78, 5) is 23.5. The Morgan fingerprint density at radius 2 is 1.76 bits per heavy atom. The van der Waals surface area contributed by atoms with Gasteiger partial charge in [0.05, 0.1) is 11.3 Å². The SMILES string of the molecule is NNC(=O)c1ccccc1NC(=O)Nc1cccc(Cl)c1. The van der Waals surface area contributed by atoms with Crippen molar-refractivity contribution in [1.29, 1.82) is 0 Å². The third kappa shape index (κ3) is 3.95. The zero-order valence-corrected chi connectivity index (χ0v) is 11.6. The summed E-state index contributed by atoms with van der Waals surface area (Å²) >= 11 is 5.84. The highest BCUT2D eigenvalue weighted by atomic mass is 35.5. The fourth-order valence-electron chi connectivity index (χ4n) is 1.72. The first-order valence-electron chi connectivity index (χ1n) is 6.03. The minimum Gasteiger partial charge on any atom is -0.308 e. The minimum atomic E-state index is -0.492. The summed E-state index contributed by atoms with van der Waals surface area (Å²) < 4.78 is 0. The van der Waals surface area contributed by atoms with Crippen LogP contribution in [0.3, 0.4) is 0 Å². The van der Waals surface area contributed by atoms with Gasteiger partial charge in [0.1, 0.15) is 0 Å². The summed E-state index contributed by atoms with van der Waals surface area (Å²) in [5.41, 5.74) is 3.18. The summed E-state index contributed by atoms with van der Waals surface area (Å²) in [6.07, 6.45) is 0. The van der Waals surface area contributed by atoms with E-state index in [4.69, 9.17) is 17.4 Å². The first-order chi connectivity index (χ1) is 10.1. The number of hydrogen-bond acceptors (Lipinski definition) is 3. The number of nitrogens with two attached hydrogens (primary N) is 1. The van der Waals surface area contributed by atoms with Gasteiger partial charge in [-0.25, -0.2) is 10.6 Å². The highest BCUT2D eigenvalue weighted by Gasteiger charge is 2.11. The first-order valence-corrected chi connectivity index (χ1v) is 6.41. The fraction of sp³-hybridized carbons (Fsp3) is 0. The Balaban J connectivity index is 2.11. The van der Waals surface area contributed by atoms with Crippen molar-refractivity contribution >= 4 is 34.9 Å². The molecule has 0 bridgehead atoms. The molecule has 108 valence electrons. The number of para-hydroxylation sites is 1. The molecule has 2 aromatic rings. The van der Waals surface area contributed by atoms with Crippen molar-refractivity contribution in [2.45, 2.75) is 0 Å². The Kier molecular flexibility index (Phi) is 4.76. The van der Waals surface area contributed by atoms with E-state index < -0.39 is 11.9 Å². The molecular formula is C14H13ClN4O2. The minimum absolute atomic E-state index is 0.265. The maximum absolute atomic E-state index is 11.9. The van der Waals surface area contributed by atoms with Gasteiger partial charge in [-0.3, -0.25) is 10.2 Å². The van der Waals surface area contributed by atoms with Gasteiger partial charge in [0, 0.05) is 10.7 Å². The van der Waals surface area contributed by atoms with Crippen LogP contribution in [0, 0.1) is 0 Å². The van der Waals surface area contributed by atoms with E-state index in [0.717, 1.165) is 0 Å². The van der Waals surface area contributed by atoms with Crippen LogP contribution in [-0.2, 0) is 0 Å². The molecule has 6 nitrogen and oxygen atoms in total. The smallest absolute Gasteiger partial charge is 0.308 e. The molecule has 0 aliphatic carbocycles. The monoisotopic (exact) mass is 304 g/mol. The summed E-state index contributed by atoms with van der Waals surface area (Å²) in [6, 6.07) is 12.8. The molecule has 0 aliphatic rings. The topological polar surface area (TPSA) is 96.2 Å². The zero-order valence-electron chi connectivity index (χ0n) is 10.9. The van der Waals surface area contributed by atoms with Crippen LogP contribution < -0.4 is 21.9 Å². The molecule has 0 unspecified atom stereocenters. The predicted molar refractivity (Wildman–Crippen MR) is 82.2 cm³/mol. The van der Waals surface area contributed by atoms with Gasteiger partial charge in [-0.1, -0.05) is 29.8 Å². The van der Waals surface area contributed by atoms with Crippen molar-refractivity contribution in [3.05, 3.63) is 59.1 Å². The van der Waals surface area contributed by atoms with Crippen LogP contribution in [0.5, 0.6) is 0 Å². The van der Waals surface area contributed by atoms with Crippen molar-refractivity contribution in [3.63, 3.8) is 0 Å². The van der Waals surface area contributed by atoms with Crippen LogP contribution in [0.1, 0.15) is 10.4 Å². The molecule has 0 heterocycles. The summed E-state index contributed by atoms with van der Waals surface area (Å²) in [7, 11) is 0. The maximum Gasteiger partial charge on any atom is 0.323 e. The van der Waals surface area contributed by atoms with Crippen molar-refractivity contribution in [2.75, 3.05) is 10.6 Å². The highest BCUT2D eigenvalue weighted by Crippen LogP contribution is 2.17. The van der Waals surface area contributed by atoms with Crippen molar-refractivity contribution in [1.82, 2.24) is 5.43 Å². The number of hydrazine groups is 1. The summed E-state index contributed by atoms with van der Waals surface area (Å²) in [5.74, 6) is 4.61. The van der Waals surface area contributed by atoms with Crippen molar-refractivity contribution < 1.29 is 9.59 Å². The average Bonchev–Trinajstić information content (AvgIpc) is 2.47. The number of halogens is 1. The van der Waals surface area contributed by atoms with E-state index >= 15 is 0 Å². The highest BCUT2D eigenvalue weighted by molar-refractivity contribution is 6.30. The second-order valence-corrected chi connectivity index (χ2v) is 4.54. The Morgan fingerprint density at radius 3 is 2.48 bits per heavy atom. The van der Waals surface area contributed by atoms with Crippen LogP contribution in [0.25, 0.3) is 0 Å². The number of nitrogens with one attached hydrogen (secondary N) is 3. The number of benzene rings is 2. The molecule has 5 N–H and O–H groups in total. The summed E-state index contributed by atoms with van der Waals surface area (Å²) in [6.45, 7) is 0. The zero-order chi connectivity index (χ0) is 15.2. The lowest BCUT2D eigenvalue weighted by Gasteiger charge is -2.11. The van der Waals surface area contributed by atoms with E-state index in [1.54, 1.807) is 48.5 Å². The van der Waals surface area contributed by atoms with Crippen molar-refractivity contribution in [3.8, 4) is 0 Å². The maximum atomic E-state index is 11.9. The largest absolute Gasteiger partial charge is 0.323 e. The van der Waals surface area contributed by atoms with Gasteiger partial charge in [0.2, 0.25) is 0 Å². The van der Waals surface area contributed by atoms with E-state index in [1.165, 1.54) is 0 Å². The molecular weight excluding hydrogens is 292 g/mol. The molecule has 7 heteroatoms. The van der Waals surface area contributed by atoms with Crippen LogP contribution >= 0.6 is 11.6 Å². The lowest BCUT2D eigenvalue weighted by molar-refractivity contribution is 0.0954. The molecule has 0 saturated heterocycles. The summed E-state index contributed by atoms with van der Waals surface area (Å²) in [5, 5.41) is 5.71. The van der Waals surface area contributed by atoms with Crippen LogP contribution in [0.15, 0.2) is 48.5 Å². The third-order valence-corrected chi connectivity index (χ3v) is 2.87. The number of carbonyl (C=O) groups is 2. The average molecular weight is 305 g/mol. The Hall–Kier alpha value is -2.57. The van der Waals surface area contributed by atoms with E-state index in [-0.39, 0.29) is 5.56 Å². The van der Waals surface area contributed by atoms with Gasteiger partial charge < -0.3 is 10.6 Å². The van der Waals surface area contributed by atoms with Gasteiger partial charge in [0.15, 0.2) is 0 Å². The van der Waals surface area contributed by atoms with Gasteiger partial charge >= 0.3 is 6.03 Å². The van der Waals surface area contributed by atoms with Gasteiger partial charge in [0.25, 0.3) is 5.91 Å². The lowest BCUT2D eigenvalue weighted by Crippen LogP contribution is -2.31. The Bertz CT molecular complexity index is 676. The molecule has 0 spiro atoms. The normalized spacial score (nSPS) is 9.81. The molecule has 0 fully saturated rings. The molecule has 0 saturated carbocycles. The number of amides is 3. The third-order valence-electron chi connectivity index (χ3n) is 2.63. The molecule has 2 aromatic carbocycles. The molecule has 21 heavy (non-hydrogen) atoms. The fourth-order valence-corrected chi connectivity index (χ4v) is 1.91. The first kappa shape index (κ1) is 14.8. The number of carbonyl (C=O) groups excluding carboxylic acids is 2. The van der Waals surface area contributed by atoms with Gasteiger partial charge in [-0.15, -0.1) is 0 Å². The number of rotatable bonds is 3. The predicted octanol–water partition coefficient (Wildman–Crippen LogP) is 2.59. The molecule has 0 aliphatic heterocycles. The van der Waals surface area contributed by atoms with Gasteiger partial charge in [-0.05, 0) is 30.3 Å². The molecule has 2 rings (SSSR count). The number of urea groups is 1. The Morgan fingerprint density at radius 1 is 1.00 bits per heavy atom. The van der Waals surface area contributed by atoms with Crippen LogP contribution in [0.2, 0.25) is 5.02 Å². The van der Waals surface area contributed by atoms with E-state index in [0.29, 0.717) is 16.4 Å². The number of anilines is 2. The van der Waals surface area contributed by atoms with E-state index in [2.05, 4.69) is 10.6 Å². The van der Waals surface area contributed by atoms with E-state index in [9.17, 15) is 9.59 Å². The van der Waals surface area contributed by atoms with Crippen LogP contribution in [-0.4, -0.2) is 11.9 Å². The second kappa shape index (κ2) is 6.74.